The highest BCUT2D eigenvalue weighted by Crippen LogP contribution is 2.32. The number of hydrogen-bond donors (Lipinski definition) is 2. The topological polar surface area (TPSA) is 106 Å². The van der Waals surface area contributed by atoms with E-state index in [0.29, 0.717) is 6.20 Å². The molecule has 0 unspecified atom stereocenters. The van der Waals surface area contributed by atoms with Gasteiger partial charge in [0.25, 0.3) is 12.0 Å². The molecule has 0 fully saturated rings. The molecule has 2 rings (SSSR count). The largest absolute Gasteiger partial charge is 0.478 e. The van der Waals surface area contributed by atoms with Crippen LogP contribution in [0.5, 0.6) is 17.4 Å². The molecule has 0 aliphatic heterocycles. The first-order valence-corrected chi connectivity index (χ1v) is 6.71. The smallest absolute Gasteiger partial charge is 0.417 e. The van der Waals surface area contributed by atoms with Crippen molar-refractivity contribution in [3.63, 3.8) is 0 Å². The van der Waals surface area contributed by atoms with Crippen molar-refractivity contribution in [3.8, 4) is 17.4 Å². The fraction of sp³-hybridized carbons (Fsp3) is 0.133. The highest BCUT2D eigenvalue weighted by atomic mass is 19.4. The lowest BCUT2D eigenvalue weighted by Gasteiger charge is -2.12. The molecular formula is C15H9F4NO6. The van der Waals surface area contributed by atoms with Crippen LogP contribution in [0.25, 0.3) is 0 Å². The first kappa shape index (κ1) is 19.0. The molecule has 0 atom stereocenters. The molecule has 0 spiro atoms. The summed E-state index contributed by atoms with van der Waals surface area (Å²) in [5.74, 6) is -5.65. The number of rotatable bonds is 6. The summed E-state index contributed by atoms with van der Waals surface area (Å²) < 4.78 is 60.7. The third-order valence-corrected chi connectivity index (χ3v) is 2.88. The number of alkyl halides is 3. The average molecular weight is 375 g/mol. The van der Waals surface area contributed by atoms with Crippen molar-refractivity contribution in [1.29, 1.82) is 0 Å². The quantitative estimate of drug-likeness (QED) is 0.591. The SMILES string of the molecule is O=C(O)C(Oc1ccc(Oc2ncc(C(F)(F)F)cc2F)cc1)C(=O)O. The normalized spacial score (nSPS) is 11.3. The predicted octanol–water partition coefficient (Wildman–Crippen LogP) is 2.95. The minimum atomic E-state index is -4.75. The minimum Gasteiger partial charge on any atom is -0.478 e. The number of benzene rings is 1. The lowest BCUT2D eigenvalue weighted by Crippen LogP contribution is -2.35. The van der Waals surface area contributed by atoms with Crippen molar-refractivity contribution in [2.45, 2.75) is 12.3 Å². The van der Waals surface area contributed by atoms with Crippen LogP contribution in [0.15, 0.2) is 36.5 Å². The summed E-state index contributed by atoms with van der Waals surface area (Å²) in [7, 11) is 0. The van der Waals surface area contributed by atoms with Crippen LogP contribution in [0.3, 0.4) is 0 Å². The second-order valence-corrected chi connectivity index (χ2v) is 4.76. The van der Waals surface area contributed by atoms with E-state index >= 15 is 0 Å². The molecule has 0 bridgehead atoms. The lowest BCUT2D eigenvalue weighted by atomic mass is 10.2. The molecule has 26 heavy (non-hydrogen) atoms. The van der Waals surface area contributed by atoms with Crippen LogP contribution in [0, 0.1) is 5.82 Å². The molecule has 1 heterocycles. The number of hydrogen-bond acceptors (Lipinski definition) is 5. The number of carboxylic acids is 2. The number of carboxylic acid groups (broad SMARTS) is 2. The molecule has 0 aliphatic rings. The molecule has 0 saturated carbocycles. The van der Waals surface area contributed by atoms with Gasteiger partial charge in [-0.15, -0.1) is 0 Å². The number of ether oxygens (including phenoxy) is 2. The van der Waals surface area contributed by atoms with Crippen molar-refractivity contribution >= 4 is 11.9 Å². The van der Waals surface area contributed by atoms with Crippen LogP contribution in [0.1, 0.15) is 5.56 Å². The van der Waals surface area contributed by atoms with Gasteiger partial charge in [0.2, 0.25) is 0 Å². The highest BCUT2D eigenvalue weighted by Gasteiger charge is 2.32. The molecule has 2 N–H and O–H groups in total. The Balaban J connectivity index is 2.12. The maximum Gasteiger partial charge on any atom is 0.417 e. The van der Waals surface area contributed by atoms with E-state index < -0.39 is 41.5 Å². The zero-order valence-corrected chi connectivity index (χ0v) is 12.5. The summed E-state index contributed by atoms with van der Waals surface area (Å²) in [6.07, 6.45) is -6.48. The molecule has 138 valence electrons. The molecule has 7 nitrogen and oxygen atoms in total. The molecule has 0 saturated heterocycles. The standard InChI is InChI=1S/C15H9F4NO6/c16-10-5-7(15(17,18)19)6-20-12(10)26-9-3-1-8(2-4-9)25-11(13(21)22)14(23)24/h1-6,11H,(H,21,22)(H,23,24). The zero-order chi connectivity index (χ0) is 19.5. The van der Waals surface area contributed by atoms with Gasteiger partial charge in [-0.1, -0.05) is 0 Å². The van der Waals surface area contributed by atoms with Gasteiger partial charge in [0.05, 0.1) is 5.56 Å². The molecule has 0 radical (unpaired) electrons. The summed E-state index contributed by atoms with van der Waals surface area (Å²) >= 11 is 0. The van der Waals surface area contributed by atoms with Crippen LogP contribution in [0.4, 0.5) is 17.6 Å². The first-order valence-electron chi connectivity index (χ1n) is 6.71. The Kier molecular flexibility index (Phi) is 5.29. The van der Waals surface area contributed by atoms with E-state index in [-0.39, 0.29) is 17.6 Å². The van der Waals surface area contributed by atoms with E-state index in [9.17, 15) is 27.2 Å². The van der Waals surface area contributed by atoms with E-state index in [1.54, 1.807) is 0 Å². The molecule has 1 aromatic heterocycles. The van der Waals surface area contributed by atoms with Crippen molar-refractivity contribution in [1.82, 2.24) is 4.98 Å². The second-order valence-electron chi connectivity index (χ2n) is 4.76. The third kappa shape index (κ3) is 4.59. The number of halogens is 4. The van der Waals surface area contributed by atoms with Gasteiger partial charge in [-0.3, -0.25) is 0 Å². The van der Waals surface area contributed by atoms with Gasteiger partial charge in [0.15, 0.2) is 5.82 Å². The van der Waals surface area contributed by atoms with Crippen LogP contribution in [-0.4, -0.2) is 33.2 Å². The Labute approximate surface area is 142 Å². The van der Waals surface area contributed by atoms with Crippen LogP contribution in [0.2, 0.25) is 0 Å². The number of pyridine rings is 1. The summed E-state index contributed by atoms with van der Waals surface area (Å²) in [4.78, 5) is 24.7. The maximum atomic E-state index is 13.7. The van der Waals surface area contributed by atoms with E-state index in [4.69, 9.17) is 19.7 Å². The number of aromatic nitrogens is 1. The number of aliphatic carboxylic acids is 2. The van der Waals surface area contributed by atoms with E-state index in [1.807, 2.05) is 0 Å². The molecular weight excluding hydrogens is 366 g/mol. The summed E-state index contributed by atoms with van der Waals surface area (Å²) in [6, 6.07) is 4.82. The van der Waals surface area contributed by atoms with Crippen molar-refractivity contribution < 1.29 is 46.8 Å². The Bertz CT molecular complexity index is 808. The Hall–Kier alpha value is -3.37. The van der Waals surface area contributed by atoms with Crippen LogP contribution >= 0.6 is 0 Å². The van der Waals surface area contributed by atoms with E-state index in [1.165, 1.54) is 0 Å². The fourth-order valence-corrected chi connectivity index (χ4v) is 1.70. The van der Waals surface area contributed by atoms with Gasteiger partial charge < -0.3 is 19.7 Å². The van der Waals surface area contributed by atoms with Crippen molar-refractivity contribution in [2.75, 3.05) is 0 Å². The van der Waals surface area contributed by atoms with Crippen molar-refractivity contribution in [3.05, 3.63) is 47.9 Å². The molecule has 0 aliphatic carbocycles. The average Bonchev–Trinajstić information content (AvgIpc) is 2.54. The Morgan fingerprint density at radius 2 is 1.58 bits per heavy atom. The molecule has 0 amide bonds. The van der Waals surface area contributed by atoms with Crippen LogP contribution in [-0.2, 0) is 15.8 Å². The minimum absolute atomic E-state index is 0.0503. The van der Waals surface area contributed by atoms with Gasteiger partial charge in [-0.25, -0.2) is 19.0 Å². The van der Waals surface area contributed by atoms with E-state index in [2.05, 4.69) is 4.98 Å². The monoisotopic (exact) mass is 375 g/mol. The summed E-state index contributed by atoms with van der Waals surface area (Å²) in [5, 5.41) is 17.4. The zero-order valence-electron chi connectivity index (χ0n) is 12.5. The van der Waals surface area contributed by atoms with Gasteiger partial charge in [0, 0.05) is 6.20 Å². The highest BCUT2D eigenvalue weighted by molar-refractivity contribution is 5.96. The fourth-order valence-electron chi connectivity index (χ4n) is 1.70. The third-order valence-electron chi connectivity index (χ3n) is 2.88. The predicted molar refractivity (Wildman–Crippen MR) is 75.4 cm³/mol. The van der Waals surface area contributed by atoms with E-state index in [0.717, 1.165) is 24.3 Å². The van der Waals surface area contributed by atoms with Crippen LogP contribution < -0.4 is 9.47 Å². The Morgan fingerprint density at radius 3 is 2.04 bits per heavy atom. The van der Waals surface area contributed by atoms with Gasteiger partial charge in [-0.05, 0) is 30.3 Å². The molecule has 1 aromatic carbocycles. The maximum absolute atomic E-state index is 13.7. The van der Waals surface area contributed by atoms with Gasteiger partial charge >= 0.3 is 18.1 Å². The first-order chi connectivity index (χ1) is 12.1. The number of carbonyl (C=O) groups is 2. The summed E-state index contributed by atoms with van der Waals surface area (Å²) in [5.41, 5.74) is -1.28. The lowest BCUT2D eigenvalue weighted by molar-refractivity contribution is -0.159. The second kappa shape index (κ2) is 7.25. The summed E-state index contributed by atoms with van der Waals surface area (Å²) in [6.45, 7) is 0. The molecule has 11 heteroatoms. The van der Waals surface area contributed by atoms with Gasteiger partial charge in [-0.2, -0.15) is 13.2 Å². The van der Waals surface area contributed by atoms with Gasteiger partial charge in [0.1, 0.15) is 11.5 Å². The molecule has 2 aromatic rings. The van der Waals surface area contributed by atoms with Crippen molar-refractivity contribution in [2.24, 2.45) is 0 Å². The Morgan fingerprint density at radius 1 is 1.04 bits per heavy atom. The number of nitrogens with zero attached hydrogens (tertiary/aromatic N) is 1.